The summed E-state index contributed by atoms with van der Waals surface area (Å²) < 4.78 is 0. The molecule has 3 atom stereocenters. The second kappa shape index (κ2) is 6.25. The minimum absolute atomic E-state index is 0.167. The van der Waals surface area contributed by atoms with Crippen molar-refractivity contribution < 1.29 is 4.79 Å². The van der Waals surface area contributed by atoms with Crippen LogP contribution in [0.1, 0.15) is 36.1 Å². The van der Waals surface area contributed by atoms with E-state index in [0.29, 0.717) is 5.92 Å². The van der Waals surface area contributed by atoms with Crippen LogP contribution in [0, 0.1) is 17.8 Å². The van der Waals surface area contributed by atoms with Crippen molar-refractivity contribution in [3.8, 4) is 0 Å². The molecule has 1 aromatic carbocycles. The van der Waals surface area contributed by atoms with E-state index in [1.807, 2.05) is 24.4 Å². The molecule has 0 radical (unpaired) electrons. The largest absolute Gasteiger partial charge is 0.302 e. The lowest BCUT2D eigenvalue weighted by molar-refractivity contribution is -0.121. The lowest BCUT2D eigenvalue weighted by Gasteiger charge is -2.19. The smallest absolute Gasteiger partial charge is 0.229 e. The zero-order valence-corrected chi connectivity index (χ0v) is 14.4. The summed E-state index contributed by atoms with van der Waals surface area (Å²) in [6.07, 6.45) is 7.49. The van der Waals surface area contributed by atoms with E-state index in [0.717, 1.165) is 39.4 Å². The van der Waals surface area contributed by atoms with Crippen molar-refractivity contribution in [2.75, 3.05) is 5.32 Å². The number of thiazole rings is 1. The van der Waals surface area contributed by atoms with Gasteiger partial charge in [-0.1, -0.05) is 30.2 Å². The summed E-state index contributed by atoms with van der Waals surface area (Å²) >= 11 is 7.57. The molecule has 1 aromatic heterocycles. The van der Waals surface area contributed by atoms with Crippen molar-refractivity contribution in [3.05, 3.63) is 45.9 Å². The van der Waals surface area contributed by atoms with Crippen LogP contribution < -0.4 is 5.32 Å². The Morgan fingerprint density at radius 2 is 2.26 bits per heavy atom. The Kier molecular flexibility index (Phi) is 4.12. The van der Waals surface area contributed by atoms with Crippen LogP contribution in [0.2, 0.25) is 5.02 Å². The van der Waals surface area contributed by atoms with Gasteiger partial charge in [0.25, 0.3) is 0 Å². The van der Waals surface area contributed by atoms with Crippen LogP contribution in [0.25, 0.3) is 0 Å². The topological polar surface area (TPSA) is 42.0 Å². The number of aromatic nitrogens is 1. The number of hydrogen-bond acceptors (Lipinski definition) is 3. The van der Waals surface area contributed by atoms with Gasteiger partial charge in [0.15, 0.2) is 5.13 Å². The van der Waals surface area contributed by atoms with Gasteiger partial charge in [0.1, 0.15) is 0 Å². The molecule has 1 amide bonds. The molecule has 120 valence electrons. The van der Waals surface area contributed by atoms with E-state index in [1.165, 1.54) is 19.3 Å². The molecule has 2 saturated carbocycles. The molecular formula is C18H19ClN2OS. The predicted octanol–water partition coefficient (Wildman–Crippen LogP) is 4.76. The quantitative estimate of drug-likeness (QED) is 0.867. The first-order valence-corrected chi connectivity index (χ1v) is 9.37. The van der Waals surface area contributed by atoms with Gasteiger partial charge in [-0.2, -0.15) is 0 Å². The number of nitrogens with one attached hydrogen (secondary N) is 1. The van der Waals surface area contributed by atoms with Gasteiger partial charge < -0.3 is 5.32 Å². The third-order valence-corrected chi connectivity index (χ3v) is 6.27. The summed E-state index contributed by atoms with van der Waals surface area (Å²) in [5.74, 6) is 1.76. The molecular weight excluding hydrogens is 328 g/mol. The zero-order chi connectivity index (χ0) is 15.8. The molecule has 2 aliphatic rings. The third-order valence-electron chi connectivity index (χ3n) is 5.13. The van der Waals surface area contributed by atoms with Gasteiger partial charge in [0.2, 0.25) is 5.91 Å². The lowest BCUT2D eigenvalue weighted by atomic mass is 9.88. The second-order valence-corrected chi connectivity index (χ2v) is 8.26. The van der Waals surface area contributed by atoms with Crippen LogP contribution in [0.15, 0.2) is 30.5 Å². The van der Waals surface area contributed by atoms with Gasteiger partial charge >= 0.3 is 0 Å². The SMILES string of the molecule is O=C(Nc1ncc(Cc2cccc(Cl)c2)s1)[C@@H]1C[C@H]2CC[C@H]1C2. The molecule has 2 fully saturated rings. The number of carbonyl (C=O) groups excluding carboxylic acids is 1. The first kappa shape index (κ1) is 15.2. The maximum absolute atomic E-state index is 12.5. The van der Waals surface area contributed by atoms with E-state index in [4.69, 9.17) is 11.6 Å². The highest BCUT2D eigenvalue weighted by Gasteiger charge is 2.43. The van der Waals surface area contributed by atoms with Crippen LogP contribution in [0.3, 0.4) is 0 Å². The Morgan fingerprint density at radius 3 is 3.00 bits per heavy atom. The van der Waals surface area contributed by atoms with Gasteiger partial charge in [-0.3, -0.25) is 4.79 Å². The second-order valence-electron chi connectivity index (χ2n) is 6.71. The van der Waals surface area contributed by atoms with E-state index in [9.17, 15) is 4.79 Å². The summed E-state index contributed by atoms with van der Waals surface area (Å²) in [7, 11) is 0. The molecule has 2 aliphatic carbocycles. The standard InChI is InChI=1S/C18H19ClN2OS/c19-14-3-1-2-11(7-14)8-15-10-20-18(23-15)21-17(22)16-9-12-4-5-13(16)6-12/h1-3,7,10,12-13,16H,4-6,8-9H2,(H,20,21,22)/t12-,13-,16+/m0/s1. The first-order chi connectivity index (χ1) is 11.2. The fourth-order valence-electron chi connectivity index (χ4n) is 4.06. The normalized spacial score (nSPS) is 25.7. The van der Waals surface area contributed by atoms with Crippen molar-refractivity contribution in [1.29, 1.82) is 0 Å². The van der Waals surface area contributed by atoms with Crippen LogP contribution in [-0.4, -0.2) is 10.9 Å². The summed E-state index contributed by atoms with van der Waals surface area (Å²) in [4.78, 5) is 18.0. The fourth-order valence-corrected chi connectivity index (χ4v) is 5.12. The monoisotopic (exact) mass is 346 g/mol. The number of fused-ring (bicyclic) bond motifs is 2. The van der Waals surface area contributed by atoms with Crippen molar-refractivity contribution >= 4 is 34.0 Å². The molecule has 2 aromatic rings. The van der Waals surface area contributed by atoms with Gasteiger partial charge in [0, 0.05) is 28.4 Å². The molecule has 3 nitrogen and oxygen atoms in total. The highest BCUT2D eigenvalue weighted by Crippen LogP contribution is 2.48. The molecule has 23 heavy (non-hydrogen) atoms. The number of benzene rings is 1. The maximum Gasteiger partial charge on any atom is 0.229 e. The molecule has 0 saturated heterocycles. The molecule has 0 unspecified atom stereocenters. The molecule has 5 heteroatoms. The Hall–Kier alpha value is -1.39. The van der Waals surface area contributed by atoms with E-state index >= 15 is 0 Å². The van der Waals surface area contributed by atoms with Gasteiger partial charge in [-0.25, -0.2) is 4.98 Å². The number of anilines is 1. The van der Waals surface area contributed by atoms with E-state index in [1.54, 1.807) is 11.3 Å². The summed E-state index contributed by atoms with van der Waals surface area (Å²) in [5.41, 5.74) is 1.16. The van der Waals surface area contributed by atoms with E-state index in [-0.39, 0.29) is 11.8 Å². The minimum atomic E-state index is 0.167. The summed E-state index contributed by atoms with van der Waals surface area (Å²) in [6, 6.07) is 7.85. The van der Waals surface area contributed by atoms with Gasteiger partial charge in [-0.15, -0.1) is 11.3 Å². The van der Waals surface area contributed by atoms with Crippen molar-refractivity contribution in [1.82, 2.24) is 4.98 Å². The molecule has 0 spiro atoms. The van der Waals surface area contributed by atoms with Crippen LogP contribution in [0.4, 0.5) is 5.13 Å². The summed E-state index contributed by atoms with van der Waals surface area (Å²) in [6.45, 7) is 0. The molecule has 1 N–H and O–H groups in total. The predicted molar refractivity (Wildman–Crippen MR) is 93.9 cm³/mol. The maximum atomic E-state index is 12.5. The number of amides is 1. The Labute approximate surface area is 145 Å². The van der Waals surface area contributed by atoms with Gasteiger partial charge in [0.05, 0.1) is 0 Å². The highest BCUT2D eigenvalue weighted by molar-refractivity contribution is 7.15. The Bertz CT molecular complexity index is 729. The molecule has 0 aliphatic heterocycles. The van der Waals surface area contributed by atoms with Crippen molar-refractivity contribution in [2.45, 2.75) is 32.1 Å². The number of hydrogen-bond donors (Lipinski definition) is 1. The lowest BCUT2D eigenvalue weighted by Crippen LogP contribution is -2.27. The van der Waals surface area contributed by atoms with Gasteiger partial charge in [-0.05, 0) is 48.8 Å². The number of carbonyl (C=O) groups is 1. The number of nitrogens with zero attached hydrogens (tertiary/aromatic N) is 1. The zero-order valence-electron chi connectivity index (χ0n) is 12.8. The number of rotatable bonds is 4. The number of halogens is 1. The average molecular weight is 347 g/mol. The Morgan fingerprint density at radius 1 is 1.35 bits per heavy atom. The van der Waals surface area contributed by atoms with Crippen LogP contribution in [-0.2, 0) is 11.2 Å². The highest BCUT2D eigenvalue weighted by atomic mass is 35.5. The van der Waals surface area contributed by atoms with Crippen molar-refractivity contribution in [3.63, 3.8) is 0 Å². The average Bonchev–Trinajstić information content (AvgIpc) is 3.24. The molecule has 2 bridgehead atoms. The fraction of sp³-hybridized carbons (Fsp3) is 0.444. The van der Waals surface area contributed by atoms with Crippen LogP contribution >= 0.6 is 22.9 Å². The minimum Gasteiger partial charge on any atom is -0.302 e. The van der Waals surface area contributed by atoms with Crippen LogP contribution in [0.5, 0.6) is 0 Å². The van der Waals surface area contributed by atoms with E-state index in [2.05, 4.69) is 16.4 Å². The third kappa shape index (κ3) is 3.29. The Balaban J connectivity index is 1.39. The van der Waals surface area contributed by atoms with Crippen molar-refractivity contribution in [2.24, 2.45) is 17.8 Å². The molecule has 1 heterocycles. The molecule has 4 rings (SSSR count). The first-order valence-electron chi connectivity index (χ1n) is 8.17. The van der Waals surface area contributed by atoms with E-state index < -0.39 is 0 Å². The summed E-state index contributed by atoms with van der Waals surface area (Å²) in [5, 5.41) is 4.49.